The molecular formula is C13H13FN4OS. The van der Waals surface area contributed by atoms with Crippen LogP contribution >= 0.6 is 12.2 Å². The zero-order chi connectivity index (χ0) is 14.3. The number of aromatic nitrogens is 4. The van der Waals surface area contributed by atoms with Crippen LogP contribution in [0.5, 0.6) is 0 Å². The summed E-state index contributed by atoms with van der Waals surface area (Å²) >= 11 is 5.28. The Morgan fingerprint density at radius 2 is 2.20 bits per heavy atom. The zero-order valence-electron chi connectivity index (χ0n) is 11.1. The van der Waals surface area contributed by atoms with Gasteiger partial charge in [0.15, 0.2) is 10.6 Å². The van der Waals surface area contributed by atoms with Crippen molar-refractivity contribution in [3.63, 3.8) is 0 Å². The highest BCUT2D eigenvalue weighted by Crippen LogP contribution is 2.19. The first kappa shape index (κ1) is 13.0. The number of benzene rings is 1. The van der Waals surface area contributed by atoms with Crippen molar-refractivity contribution in [2.75, 3.05) is 0 Å². The lowest BCUT2D eigenvalue weighted by Crippen LogP contribution is -2.02. The minimum Gasteiger partial charge on any atom is -0.339 e. The third-order valence-electron chi connectivity index (χ3n) is 3.17. The van der Waals surface area contributed by atoms with Crippen LogP contribution in [0, 0.1) is 24.4 Å². The lowest BCUT2D eigenvalue weighted by molar-refractivity contribution is 0.369. The van der Waals surface area contributed by atoms with Crippen LogP contribution in [0.4, 0.5) is 4.39 Å². The van der Waals surface area contributed by atoms with Crippen molar-refractivity contribution < 1.29 is 8.91 Å². The number of H-pyrrole nitrogens is 1. The molecule has 0 aliphatic heterocycles. The van der Waals surface area contributed by atoms with Gasteiger partial charge < -0.3 is 14.1 Å². The summed E-state index contributed by atoms with van der Waals surface area (Å²) in [5, 5.41) is 3.75. The van der Waals surface area contributed by atoms with Crippen molar-refractivity contribution >= 4 is 23.3 Å². The standard InChI is InChI=1S/C13H13FN4OS/c1-7-5-11-10(6-9(7)14)16-13(20)18(11)4-3-12-15-8(2)17-19-12/h5-6H,3-4H2,1-2H3,(H,16,20). The summed E-state index contributed by atoms with van der Waals surface area (Å²) in [5.74, 6) is 0.937. The Morgan fingerprint density at radius 3 is 2.90 bits per heavy atom. The fraction of sp³-hybridized carbons (Fsp3) is 0.308. The molecule has 0 amide bonds. The van der Waals surface area contributed by atoms with E-state index in [-0.39, 0.29) is 5.82 Å². The molecule has 1 aromatic carbocycles. The summed E-state index contributed by atoms with van der Waals surface area (Å²) in [6.07, 6.45) is 0.582. The van der Waals surface area contributed by atoms with Crippen LogP contribution in [0.2, 0.25) is 0 Å². The van der Waals surface area contributed by atoms with Gasteiger partial charge in [-0.3, -0.25) is 0 Å². The second kappa shape index (κ2) is 4.82. The Labute approximate surface area is 119 Å². The van der Waals surface area contributed by atoms with Gasteiger partial charge in [-0.05, 0) is 43.8 Å². The van der Waals surface area contributed by atoms with Gasteiger partial charge in [-0.25, -0.2) is 4.39 Å². The van der Waals surface area contributed by atoms with E-state index in [1.807, 2.05) is 4.57 Å². The van der Waals surface area contributed by atoms with Crippen LogP contribution in [-0.2, 0) is 13.0 Å². The Morgan fingerprint density at radius 1 is 1.40 bits per heavy atom. The van der Waals surface area contributed by atoms with Gasteiger partial charge in [-0.1, -0.05) is 5.16 Å². The van der Waals surface area contributed by atoms with Gasteiger partial charge in [-0.15, -0.1) is 0 Å². The molecule has 7 heteroatoms. The SMILES string of the molecule is Cc1noc(CCn2c(=S)[nH]c3cc(F)c(C)cc32)n1. The van der Waals surface area contributed by atoms with Crippen LogP contribution in [0.3, 0.4) is 0 Å². The maximum atomic E-state index is 13.5. The van der Waals surface area contributed by atoms with Crippen molar-refractivity contribution in [3.8, 4) is 0 Å². The minimum atomic E-state index is -0.242. The smallest absolute Gasteiger partial charge is 0.228 e. The van der Waals surface area contributed by atoms with Gasteiger partial charge in [0.25, 0.3) is 0 Å². The van der Waals surface area contributed by atoms with Gasteiger partial charge in [0.1, 0.15) is 5.82 Å². The summed E-state index contributed by atoms with van der Waals surface area (Å²) in [6, 6.07) is 3.25. The molecule has 0 spiro atoms. The molecule has 3 aromatic rings. The summed E-state index contributed by atoms with van der Waals surface area (Å²) < 4.78 is 21.1. The molecule has 0 bridgehead atoms. The molecule has 0 radical (unpaired) electrons. The average molecular weight is 292 g/mol. The number of aromatic amines is 1. The number of halogens is 1. The number of rotatable bonds is 3. The van der Waals surface area contributed by atoms with E-state index in [1.54, 1.807) is 19.9 Å². The lowest BCUT2D eigenvalue weighted by atomic mass is 10.2. The first-order valence-electron chi connectivity index (χ1n) is 6.22. The number of nitrogens with one attached hydrogen (secondary N) is 1. The summed E-state index contributed by atoms with van der Waals surface area (Å²) in [5.41, 5.74) is 2.17. The largest absolute Gasteiger partial charge is 0.339 e. The van der Waals surface area contributed by atoms with Crippen molar-refractivity contribution in [2.24, 2.45) is 0 Å². The van der Waals surface area contributed by atoms with Crippen LogP contribution in [0.25, 0.3) is 11.0 Å². The molecule has 0 aliphatic rings. The number of nitrogens with zero attached hydrogens (tertiary/aromatic N) is 3. The lowest BCUT2D eigenvalue weighted by Gasteiger charge is -2.03. The highest BCUT2D eigenvalue weighted by atomic mass is 32.1. The maximum absolute atomic E-state index is 13.5. The predicted octanol–water partition coefficient (Wildman–Crippen LogP) is 3.08. The molecule has 2 heterocycles. The maximum Gasteiger partial charge on any atom is 0.228 e. The number of hydrogen-bond donors (Lipinski definition) is 1. The number of aryl methyl sites for hydroxylation is 4. The molecule has 0 saturated carbocycles. The highest BCUT2D eigenvalue weighted by Gasteiger charge is 2.10. The van der Waals surface area contributed by atoms with E-state index in [2.05, 4.69) is 15.1 Å². The van der Waals surface area contributed by atoms with E-state index >= 15 is 0 Å². The average Bonchev–Trinajstić information content (AvgIpc) is 2.92. The second-order valence-corrected chi connectivity index (χ2v) is 5.07. The monoisotopic (exact) mass is 292 g/mol. The van der Waals surface area contributed by atoms with Gasteiger partial charge in [0.2, 0.25) is 5.89 Å². The van der Waals surface area contributed by atoms with E-state index in [9.17, 15) is 4.39 Å². The molecule has 3 rings (SSSR count). The molecule has 2 aromatic heterocycles. The van der Waals surface area contributed by atoms with E-state index < -0.39 is 0 Å². The molecular weight excluding hydrogens is 279 g/mol. The molecule has 20 heavy (non-hydrogen) atoms. The Kier molecular flexibility index (Phi) is 3.13. The third-order valence-corrected chi connectivity index (χ3v) is 3.50. The van der Waals surface area contributed by atoms with Crippen LogP contribution in [0.15, 0.2) is 16.7 Å². The van der Waals surface area contributed by atoms with Crippen LogP contribution in [-0.4, -0.2) is 19.7 Å². The van der Waals surface area contributed by atoms with E-state index in [0.717, 1.165) is 5.52 Å². The van der Waals surface area contributed by atoms with Crippen LogP contribution < -0.4 is 0 Å². The molecule has 5 nitrogen and oxygen atoms in total. The first-order chi connectivity index (χ1) is 9.54. The van der Waals surface area contributed by atoms with E-state index in [0.29, 0.717) is 40.5 Å². The fourth-order valence-electron chi connectivity index (χ4n) is 2.15. The Hall–Kier alpha value is -2.02. The molecule has 1 N–H and O–H groups in total. The summed E-state index contributed by atoms with van der Waals surface area (Å²) in [7, 11) is 0. The topological polar surface area (TPSA) is 59.6 Å². The summed E-state index contributed by atoms with van der Waals surface area (Å²) in [4.78, 5) is 7.16. The molecule has 0 atom stereocenters. The van der Waals surface area contributed by atoms with Crippen molar-refractivity contribution in [2.45, 2.75) is 26.8 Å². The number of hydrogen-bond acceptors (Lipinski definition) is 4. The molecule has 0 fully saturated rings. The molecule has 104 valence electrons. The van der Waals surface area contributed by atoms with Gasteiger partial charge >= 0.3 is 0 Å². The van der Waals surface area contributed by atoms with Crippen molar-refractivity contribution in [1.29, 1.82) is 0 Å². The zero-order valence-corrected chi connectivity index (χ0v) is 11.9. The number of imidazole rings is 1. The van der Waals surface area contributed by atoms with Crippen molar-refractivity contribution in [1.82, 2.24) is 19.7 Å². The normalized spacial score (nSPS) is 11.3. The third kappa shape index (κ3) is 2.24. The summed E-state index contributed by atoms with van der Waals surface area (Å²) in [6.45, 7) is 4.11. The number of fused-ring (bicyclic) bond motifs is 1. The van der Waals surface area contributed by atoms with Gasteiger partial charge in [-0.2, -0.15) is 4.98 Å². The van der Waals surface area contributed by atoms with E-state index in [4.69, 9.17) is 16.7 Å². The van der Waals surface area contributed by atoms with Crippen LogP contribution in [0.1, 0.15) is 17.3 Å². The Bertz CT molecular complexity index is 833. The highest BCUT2D eigenvalue weighted by molar-refractivity contribution is 7.71. The fourth-order valence-corrected chi connectivity index (χ4v) is 2.45. The molecule has 0 saturated heterocycles. The van der Waals surface area contributed by atoms with Crippen molar-refractivity contribution in [3.05, 3.63) is 40.0 Å². The predicted molar refractivity (Wildman–Crippen MR) is 74.6 cm³/mol. The molecule has 0 unspecified atom stereocenters. The van der Waals surface area contributed by atoms with E-state index in [1.165, 1.54) is 6.07 Å². The van der Waals surface area contributed by atoms with Gasteiger partial charge in [0, 0.05) is 13.0 Å². The molecule has 0 aliphatic carbocycles. The quantitative estimate of drug-likeness (QED) is 0.754. The Balaban J connectivity index is 1.96. The second-order valence-electron chi connectivity index (χ2n) is 4.69. The minimum absolute atomic E-state index is 0.242. The first-order valence-corrected chi connectivity index (χ1v) is 6.63. The van der Waals surface area contributed by atoms with Gasteiger partial charge in [0.05, 0.1) is 11.0 Å².